The van der Waals surface area contributed by atoms with Gasteiger partial charge in [0.1, 0.15) is 23.7 Å². The first-order valence-corrected chi connectivity index (χ1v) is 13.2. The molecule has 200 valence electrons. The third-order valence-electron chi connectivity index (χ3n) is 7.68. The molecule has 0 bridgehead atoms. The number of hydrogen-bond acceptors (Lipinski definition) is 6. The van der Waals surface area contributed by atoms with Gasteiger partial charge in [-0.3, -0.25) is 4.79 Å². The molecule has 10 heteroatoms. The Kier molecular flexibility index (Phi) is 6.70. The molecule has 5 aromatic rings. The number of fused-ring (bicyclic) bond motifs is 2. The molecule has 6 rings (SSSR count). The molecule has 4 N–H and O–H groups in total. The number of benzene rings is 2. The zero-order chi connectivity index (χ0) is 26.9. The Morgan fingerprint density at radius 3 is 2.72 bits per heavy atom. The van der Waals surface area contributed by atoms with Crippen molar-refractivity contribution in [3.63, 3.8) is 0 Å². The van der Waals surface area contributed by atoms with E-state index in [2.05, 4.69) is 21.4 Å². The SMILES string of the molecule is Nc1ncnc2c1c(-c1ccc3c(ccn3Cc3ccccc3F)c1)nn2[C@H]1CC[C@H](NCCC(=O)O)CC1. The van der Waals surface area contributed by atoms with Crippen molar-refractivity contribution in [2.75, 3.05) is 12.3 Å². The molecule has 0 amide bonds. The number of anilines is 1. The lowest BCUT2D eigenvalue weighted by Gasteiger charge is -2.29. The third-order valence-corrected chi connectivity index (χ3v) is 7.68. The molecule has 0 atom stereocenters. The van der Waals surface area contributed by atoms with Crippen molar-refractivity contribution in [2.24, 2.45) is 0 Å². The number of carboxylic acids is 1. The van der Waals surface area contributed by atoms with Crippen LogP contribution in [0.25, 0.3) is 33.2 Å². The van der Waals surface area contributed by atoms with Crippen molar-refractivity contribution in [1.82, 2.24) is 29.6 Å². The number of nitrogens with zero attached hydrogens (tertiary/aromatic N) is 5. The predicted octanol–water partition coefficient (Wildman–Crippen LogP) is 4.77. The lowest BCUT2D eigenvalue weighted by Crippen LogP contribution is -2.35. The Morgan fingerprint density at radius 1 is 1.10 bits per heavy atom. The molecular formula is C29H30FN7O2. The predicted molar refractivity (Wildman–Crippen MR) is 148 cm³/mol. The van der Waals surface area contributed by atoms with E-state index in [1.54, 1.807) is 12.1 Å². The molecule has 3 heterocycles. The smallest absolute Gasteiger partial charge is 0.304 e. The van der Waals surface area contributed by atoms with Crippen LogP contribution in [-0.2, 0) is 11.3 Å². The minimum absolute atomic E-state index is 0.125. The molecule has 0 aliphatic heterocycles. The number of aromatic nitrogens is 5. The van der Waals surface area contributed by atoms with Crippen LogP contribution in [0.1, 0.15) is 43.7 Å². The summed E-state index contributed by atoms with van der Waals surface area (Å²) in [4.78, 5) is 19.6. The topological polar surface area (TPSA) is 124 Å². The average molecular weight is 528 g/mol. The molecule has 0 unspecified atom stereocenters. The molecule has 0 saturated heterocycles. The van der Waals surface area contributed by atoms with Crippen LogP contribution in [0.3, 0.4) is 0 Å². The van der Waals surface area contributed by atoms with Crippen molar-refractivity contribution in [3.05, 3.63) is 72.4 Å². The molecule has 0 spiro atoms. The summed E-state index contributed by atoms with van der Waals surface area (Å²) in [7, 11) is 0. The van der Waals surface area contributed by atoms with Crippen molar-refractivity contribution in [1.29, 1.82) is 0 Å². The fraction of sp³-hybridized carbons (Fsp3) is 0.310. The van der Waals surface area contributed by atoms with Gasteiger partial charge >= 0.3 is 5.97 Å². The van der Waals surface area contributed by atoms with Crippen LogP contribution < -0.4 is 11.1 Å². The zero-order valence-corrected chi connectivity index (χ0v) is 21.4. The standard InChI is InChI=1S/C29H30FN7O2/c30-23-4-2-1-3-20(23)16-36-14-12-18-15-19(5-10-24(18)36)27-26-28(31)33-17-34-29(26)37(35-27)22-8-6-21(7-9-22)32-13-11-25(38)39/h1-5,10,12,14-15,17,21-22,32H,6-9,11,13,16H2,(H,38,39)(H2,31,33,34)/t21-,22-. The largest absolute Gasteiger partial charge is 0.481 e. The molecule has 1 fully saturated rings. The number of nitrogens with two attached hydrogens (primary N) is 1. The van der Waals surface area contributed by atoms with Gasteiger partial charge in [-0.15, -0.1) is 0 Å². The van der Waals surface area contributed by atoms with Gasteiger partial charge in [-0.25, -0.2) is 19.0 Å². The number of nitrogen functional groups attached to an aromatic ring is 1. The maximum atomic E-state index is 14.2. The lowest BCUT2D eigenvalue weighted by molar-refractivity contribution is -0.136. The van der Waals surface area contributed by atoms with E-state index < -0.39 is 5.97 Å². The molecule has 0 radical (unpaired) electrons. The molecule has 1 aliphatic carbocycles. The number of nitrogens with one attached hydrogen (secondary N) is 1. The van der Waals surface area contributed by atoms with Gasteiger partial charge in [0.05, 0.1) is 24.4 Å². The third kappa shape index (κ3) is 4.95. The summed E-state index contributed by atoms with van der Waals surface area (Å²) in [6, 6.07) is 15.4. The van der Waals surface area contributed by atoms with Crippen molar-refractivity contribution < 1.29 is 14.3 Å². The van der Waals surface area contributed by atoms with E-state index in [1.807, 2.05) is 39.7 Å². The van der Waals surface area contributed by atoms with Gasteiger partial charge in [-0.05, 0) is 49.9 Å². The number of aliphatic carboxylic acids is 1. The number of rotatable bonds is 8. The van der Waals surface area contributed by atoms with Crippen molar-refractivity contribution >= 4 is 33.7 Å². The molecule has 9 nitrogen and oxygen atoms in total. The molecule has 1 aliphatic rings. The first-order chi connectivity index (χ1) is 19.0. The van der Waals surface area contributed by atoms with Crippen molar-refractivity contribution in [2.45, 2.75) is 50.7 Å². The number of carbonyl (C=O) groups is 1. The second kappa shape index (κ2) is 10.5. The monoisotopic (exact) mass is 527 g/mol. The van der Waals surface area contributed by atoms with E-state index in [1.165, 1.54) is 12.4 Å². The molecular weight excluding hydrogens is 497 g/mol. The van der Waals surface area contributed by atoms with E-state index >= 15 is 0 Å². The molecule has 2 aromatic carbocycles. The van der Waals surface area contributed by atoms with Crippen LogP contribution in [0, 0.1) is 5.82 Å². The lowest BCUT2D eigenvalue weighted by atomic mass is 9.91. The fourth-order valence-electron chi connectivity index (χ4n) is 5.66. The summed E-state index contributed by atoms with van der Waals surface area (Å²) in [6.45, 7) is 0.926. The summed E-state index contributed by atoms with van der Waals surface area (Å²) in [6.07, 6.45) is 7.25. The van der Waals surface area contributed by atoms with Gasteiger partial charge < -0.3 is 20.7 Å². The highest BCUT2D eigenvalue weighted by molar-refractivity contribution is 6.00. The summed E-state index contributed by atoms with van der Waals surface area (Å²) in [5, 5.41) is 19.0. The van der Waals surface area contributed by atoms with Crippen LogP contribution in [-0.4, -0.2) is 48.0 Å². The van der Waals surface area contributed by atoms with Crippen LogP contribution in [0.5, 0.6) is 0 Å². The van der Waals surface area contributed by atoms with E-state index in [0.717, 1.165) is 58.9 Å². The Hall–Kier alpha value is -4.31. The van der Waals surface area contributed by atoms with Crippen LogP contribution >= 0.6 is 0 Å². The Bertz CT molecular complexity index is 1650. The second-order valence-corrected chi connectivity index (χ2v) is 10.2. The number of carboxylic acid groups (broad SMARTS) is 1. The van der Waals surface area contributed by atoms with Gasteiger partial charge in [-0.1, -0.05) is 24.3 Å². The highest BCUT2D eigenvalue weighted by Crippen LogP contribution is 2.37. The fourth-order valence-corrected chi connectivity index (χ4v) is 5.66. The molecule has 1 saturated carbocycles. The summed E-state index contributed by atoms with van der Waals surface area (Å²) in [5.41, 5.74) is 10.4. The normalized spacial score (nSPS) is 17.7. The van der Waals surface area contributed by atoms with Gasteiger partial charge in [0.2, 0.25) is 0 Å². The van der Waals surface area contributed by atoms with E-state index in [9.17, 15) is 9.18 Å². The highest BCUT2D eigenvalue weighted by Gasteiger charge is 2.27. The van der Waals surface area contributed by atoms with Crippen molar-refractivity contribution in [3.8, 4) is 11.3 Å². The minimum atomic E-state index is -0.788. The van der Waals surface area contributed by atoms with Crippen LogP contribution in [0.15, 0.2) is 61.1 Å². The summed E-state index contributed by atoms with van der Waals surface area (Å²) >= 11 is 0. The van der Waals surface area contributed by atoms with E-state index in [-0.39, 0.29) is 18.3 Å². The molecule has 39 heavy (non-hydrogen) atoms. The molecule has 3 aromatic heterocycles. The quantitative estimate of drug-likeness (QED) is 0.266. The first kappa shape index (κ1) is 25.0. The van der Waals surface area contributed by atoms with Gasteiger partial charge in [0, 0.05) is 40.8 Å². The van der Waals surface area contributed by atoms with Gasteiger partial charge in [-0.2, -0.15) is 5.10 Å². The Morgan fingerprint density at radius 2 is 1.92 bits per heavy atom. The Labute approximate surface area is 224 Å². The maximum Gasteiger partial charge on any atom is 0.304 e. The number of hydrogen-bond donors (Lipinski definition) is 3. The zero-order valence-electron chi connectivity index (χ0n) is 21.4. The summed E-state index contributed by atoms with van der Waals surface area (Å²) in [5.74, 6) is -0.611. The maximum absolute atomic E-state index is 14.2. The second-order valence-electron chi connectivity index (χ2n) is 10.2. The summed E-state index contributed by atoms with van der Waals surface area (Å²) < 4.78 is 18.3. The van der Waals surface area contributed by atoms with Gasteiger partial charge in [0.25, 0.3) is 0 Å². The average Bonchev–Trinajstić information content (AvgIpc) is 3.52. The van der Waals surface area contributed by atoms with E-state index in [0.29, 0.717) is 30.5 Å². The first-order valence-electron chi connectivity index (χ1n) is 13.2. The Balaban J connectivity index is 1.28. The highest BCUT2D eigenvalue weighted by atomic mass is 19.1. The van der Waals surface area contributed by atoms with E-state index in [4.69, 9.17) is 15.9 Å². The van der Waals surface area contributed by atoms with Crippen LogP contribution in [0.2, 0.25) is 0 Å². The van der Waals surface area contributed by atoms with Gasteiger partial charge in [0.15, 0.2) is 5.65 Å². The number of halogens is 1. The minimum Gasteiger partial charge on any atom is -0.481 e. The van der Waals surface area contributed by atoms with Crippen LogP contribution in [0.4, 0.5) is 10.2 Å².